The summed E-state index contributed by atoms with van der Waals surface area (Å²) in [7, 11) is 1.69. The topological polar surface area (TPSA) is 58.1 Å². The summed E-state index contributed by atoms with van der Waals surface area (Å²) in [6, 6.07) is 13.6. The van der Waals surface area contributed by atoms with Crippen LogP contribution in [0.2, 0.25) is 0 Å². The van der Waals surface area contributed by atoms with Crippen molar-refractivity contribution >= 4 is 17.4 Å². The molecule has 0 radical (unpaired) electrons. The Labute approximate surface area is 166 Å². The molecule has 0 unspecified atom stereocenters. The summed E-state index contributed by atoms with van der Waals surface area (Å²) in [6.45, 7) is 0.500. The van der Waals surface area contributed by atoms with E-state index in [1.165, 1.54) is 18.3 Å². The highest BCUT2D eigenvalue weighted by molar-refractivity contribution is 5.94. The molecule has 1 amide bonds. The molecule has 3 aromatic rings. The monoisotopic (exact) mass is 400 g/mol. The van der Waals surface area contributed by atoms with Crippen molar-refractivity contribution in [2.24, 2.45) is 0 Å². The maximum Gasteiger partial charge on any atom is 0.416 e. The van der Waals surface area contributed by atoms with Gasteiger partial charge in [0.25, 0.3) is 5.91 Å². The van der Waals surface area contributed by atoms with E-state index in [1.54, 1.807) is 30.3 Å². The fourth-order valence-electron chi connectivity index (χ4n) is 2.67. The number of carbonyl (C=O) groups excluding carboxylic acids is 1. The van der Waals surface area contributed by atoms with Crippen LogP contribution in [0.25, 0.3) is 0 Å². The Kier molecular flexibility index (Phi) is 6.11. The molecule has 0 spiro atoms. The fraction of sp³-hybridized carbons (Fsp3) is 0.190. The summed E-state index contributed by atoms with van der Waals surface area (Å²) in [6.07, 6.45) is -0.681. The Bertz CT molecular complexity index is 960. The second-order valence-electron chi connectivity index (χ2n) is 6.43. The van der Waals surface area contributed by atoms with Crippen molar-refractivity contribution in [3.05, 3.63) is 83.8 Å². The summed E-state index contributed by atoms with van der Waals surface area (Å²) in [5.74, 6) is 0.149. The molecule has 0 aliphatic rings. The van der Waals surface area contributed by atoms with E-state index in [-0.39, 0.29) is 11.6 Å². The summed E-state index contributed by atoms with van der Waals surface area (Å²) in [5.41, 5.74) is 0.803. The van der Waals surface area contributed by atoms with Gasteiger partial charge in [0, 0.05) is 43.8 Å². The lowest BCUT2D eigenvalue weighted by Gasteiger charge is -2.17. The van der Waals surface area contributed by atoms with Gasteiger partial charge >= 0.3 is 6.18 Å². The zero-order chi connectivity index (χ0) is 20.9. The molecule has 1 N–H and O–H groups in total. The lowest BCUT2D eigenvalue weighted by atomic mass is 10.2. The third-order valence-corrected chi connectivity index (χ3v) is 4.25. The van der Waals surface area contributed by atoms with Crippen LogP contribution >= 0.6 is 0 Å². The smallest absolute Gasteiger partial charge is 0.341 e. The first kappa shape index (κ1) is 20.3. The first-order valence-electron chi connectivity index (χ1n) is 8.88. The van der Waals surface area contributed by atoms with E-state index in [0.717, 1.165) is 17.8 Å². The second-order valence-corrected chi connectivity index (χ2v) is 6.43. The van der Waals surface area contributed by atoms with Gasteiger partial charge in [-0.3, -0.25) is 9.78 Å². The van der Waals surface area contributed by atoms with Crippen molar-refractivity contribution in [3.63, 3.8) is 0 Å². The molecule has 2 heterocycles. The highest BCUT2D eigenvalue weighted by Gasteiger charge is 2.30. The standard InChI is InChI=1S/C21H19F3N4O/c1-28(12-10-17-6-2-3-11-25-17)20(29)15-8-9-19(26-14-15)27-18-7-4-5-16(13-18)21(22,23)24/h2-9,11,13-14H,10,12H2,1H3,(H,26,27). The van der Waals surface area contributed by atoms with Gasteiger partial charge in [0.2, 0.25) is 0 Å². The van der Waals surface area contributed by atoms with Crippen molar-refractivity contribution in [3.8, 4) is 0 Å². The van der Waals surface area contributed by atoms with Crippen LogP contribution in [0.1, 0.15) is 21.6 Å². The van der Waals surface area contributed by atoms with Gasteiger partial charge in [-0.25, -0.2) is 4.98 Å². The fourth-order valence-corrected chi connectivity index (χ4v) is 2.67. The highest BCUT2D eigenvalue weighted by Crippen LogP contribution is 2.31. The van der Waals surface area contributed by atoms with Crippen LogP contribution in [0.3, 0.4) is 0 Å². The number of anilines is 2. The Hall–Kier alpha value is -3.42. The molecule has 2 aromatic heterocycles. The molecule has 0 aliphatic heterocycles. The molecule has 0 fully saturated rings. The number of hydrogen-bond donors (Lipinski definition) is 1. The van der Waals surface area contributed by atoms with Crippen molar-refractivity contribution in [1.82, 2.24) is 14.9 Å². The Morgan fingerprint density at radius 3 is 2.55 bits per heavy atom. The molecule has 29 heavy (non-hydrogen) atoms. The molecule has 0 bridgehead atoms. The Morgan fingerprint density at radius 1 is 1.07 bits per heavy atom. The van der Waals surface area contributed by atoms with Crippen LogP contribution in [0.4, 0.5) is 24.7 Å². The van der Waals surface area contributed by atoms with Crippen LogP contribution in [0.15, 0.2) is 67.0 Å². The minimum absolute atomic E-state index is 0.195. The molecule has 8 heteroatoms. The number of rotatable bonds is 6. The van der Waals surface area contributed by atoms with Crippen LogP contribution < -0.4 is 5.32 Å². The van der Waals surface area contributed by atoms with Crippen LogP contribution in [-0.4, -0.2) is 34.4 Å². The van der Waals surface area contributed by atoms with E-state index in [1.807, 2.05) is 18.2 Å². The maximum absolute atomic E-state index is 12.8. The number of nitrogens with one attached hydrogen (secondary N) is 1. The molecule has 0 aliphatic carbocycles. The van der Waals surface area contributed by atoms with Gasteiger partial charge in [0.1, 0.15) is 5.82 Å². The van der Waals surface area contributed by atoms with Crippen LogP contribution in [0.5, 0.6) is 0 Å². The van der Waals surface area contributed by atoms with E-state index in [0.29, 0.717) is 24.3 Å². The molecule has 0 saturated carbocycles. The number of likely N-dealkylation sites (N-methyl/N-ethyl adjacent to an activating group) is 1. The van der Waals surface area contributed by atoms with E-state index >= 15 is 0 Å². The van der Waals surface area contributed by atoms with Crippen molar-refractivity contribution in [2.75, 3.05) is 18.9 Å². The average Bonchev–Trinajstić information content (AvgIpc) is 2.72. The molecule has 0 atom stereocenters. The van der Waals surface area contributed by atoms with E-state index < -0.39 is 11.7 Å². The predicted molar refractivity (Wildman–Crippen MR) is 104 cm³/mol. The number of nitrogens with zero attached hydrogens (tertiary/aromatic N) is 3. The molecule has 1 aromatic carbocycles. The Morgan fingerprint density at radius 2 is 1.90 bits per heavy atom. The summed E-state index contributed by atoms with van der Waals surface area (Å²) < 4.78 is 38.4. The van der Waals surface area contributed by atoms with Crippen molar-refractivity contribution in [2.45, 2.75) is 12.6 Å². The number of carbonyl (C=O) groups is 1. The molecular weight excluding hydrogens is 381 g/mol. The molecule has 150 valence electrons. The molecule has 3 rings (SSSR count). The summed E-state index contributed by atoms with van der Waals surface area (Å²) >= 11 is 0. The van der Waals surface area contributed by atoms with Gasteiger partial charge in [-0.2, -0.15) is 13.2 Å². The first-order valence-corrected chi connectivity index (χ1v) is 8.88. The Balaban J connectivity index is 1.61. The summed E-state index contributed by atoms with van der Waals surface area (Å²) in [5, 5.41) is 2.81. The van der Waals surface area contributed by atoms with Gasteiger partial charge in [-0.1, -0.05) is 12.1 Å². The van der Waals surface area contributed by atoms with E-state index in [2.05, 4.69) is 15.3 Å². The zero-order valence-electron chi connectivity index (χ0n) is 15.6. The SMILES string of the molecule is CN(CCc1ccccn1)C(=O)c1ccc(Nc2cccc(C(F)(F)F)c2)nc1. The maximum atomic E-state index is 12.8. The normalized spacial score (nSPS) is 11.2. The number of benzene rings is 1. The number of aromatic nitrogens is 2. The third-order valence-electron chi connectivity index (χ3n) is 4.25. The quantitative estimate of drug-likeness (QED) is 0.659. The van der Waals surface area contributed by atoms with Gasteiger partial charge in [0.05, 0.1) is 11.1 Å². The third kappa shape index (κ3) is 5.54. The minimum Gasteiger partial charge on any atom is -0.341 e. The molecule has 0 saturated heterocycles. The number of alkyl halides is 3. The van der Waals surface area contributed by atoms with Crippen LogP contribution in [0, 0.1) is 0 Å². The van der Waals surface area contributed by atoms with Gasteiger partial charge in [-0.05, 0) is 42.5 Å². The number of hydrogen-bond acceptors (Lipinski definition) is 4. The van der Waals surface area contributed by atoms with Gasteiger partial charge in [-0.15, -0.1) is 0 Å². The highest BCUT2D eigenvalue weighted by atomic mass is 19.4. The second kappa shape index (κ2) is 8.72. The number of halogens is 3. The average molecular weight is 400 g/mol. The zero-order valence-corrected chi connectivity index (χ0v) is 15.6. The molecular formula is C21H19F3N4O. The minimum atomic E-state index is -4.42. The first-order chi connectivity index (χ1) is 13.8. The van der Waals surface area contributed by atoms with Gasteiger partial charge in [0.15, 0.2) is 0 Å². The van der Waals surface area contributed by atoms with Crippen LogP contribution in [-0.2, 0) is 12.6 Å². The van der Waals surface area contributed by atoms with Gasteiger partial charge < -0.3 is 10.2 Å². The lowest BCUT2D eigenvalue weighted by molar-refractivity contribution is -0.137. The number of pyridine rings is 2. The largest absolute Gasteiger partial charge is 0.416 e. The predicted octanol–water partition coefficient (Wildman–Crippen LogP) is 4.55. The lowest BCUT2D eigenvalue weighted by Crippen LogP contribution is -2.29. The van der Waals surface area contributed by atoms with E-state index in [4.69, 9.17) is 0 Å². The van der Waals surface area contributed by atoms with Crippen molar-refractivity contribution < 1.29 is 18.0 Å². The van der Waals surface area contributed by atoms with Crippen molar-refractivity contribution in [1.29, 1.82) is 0 Å². The summed E-state index contributed by atoms with van der Waals surface area (Å²) in [4.78, 5) is 22.4. The number of amides is 1. The van der Waals surface area contributed by atoms with E-state index in [9.17, 15) is 18.0 Å². The molecule has 5 nitrogen and oxygen atoms in total.